The van der Waals surface area contributed by atoms with Gasteiger partial charge in [-0.2, -0.15) is 4.98 Å². The summed E-state index contributed by atoms with van der Waals surface area (Å²) >= 11 is 1.33. The Hall–Kier alpha value is -1.50. The van der Waals surface area contributed by atoms with Gasteiger partial charge in [-0.3, -0.25) is 0 Å². The Morgan fingerprint density at radius 3 is 2.81 bits per heavy atom. The molecule has 1 aromatic heterocycles. The number of aliphatic hydroxyl groups is 1. The Labute approximate surface area is 96.9 Å². The molecule has 88 valence electrons. The van der Waals surface area contributed by atoms with Crippen LogP contribution < -0.4 is 9.64 Å². The highest BCUT2D eigenvalue weighted by Crippen LogP contribution is 2.36. The highest BCUT2D eigenvalue weighted by atomic mass is 32.1. The molecule has 7 nitrogen and oxygen atoms in total. The minimum Gasteiger partial charge on any atom is -0.480 e. The molecule has 1 N–H and O–H groups in total. The summed E-state index contributed by atoms with van der Waals surface area (Å²) in [6.45, 7) is -0.268. The van der Waals surface area contributed by atoms with E-state index < -0.39 is 6.04 Å². The van der Waals surface area contributed by atoms with E-state index in [2.05, 4.69) is 15.0 Å². The summed E-state index contributed by atoms with van der Waals surface area (Å²) in [7, 11) is 5.19. The molecular weight excluding hydrogens is 230 g/mol. The first kappa shape index (κ1) is 12.6. The van der Waals surface area contributed by atoms with Crippen LogP contribution in [-0.2, 0) is 0 Å². The second kappa shape index (κ2) is 5.55. The first-order valence-corrected chi connectivity index (χ1v) is 5.32. The third-order valence-corrected chi connectivity index (χ3v) is 3.16. The van der Waals surface area contributed by atoms with Crippen LogP contribution in [0.3, 0.4) is 0 Å². The fourth-order valence-corrected chi connectivity index (χ4v) is 2.07. The molecule has 0 aliphatic carbocycles. The number of methoxy groups -OCH3 is 1. The van der Waals surface area contributed by atoms with Crippen molar-refractivity contribution in [3.8, 4) is 5.88 Å². The van der Waals surface area contributed by atoms with Crippen LogP contribution >= 0.6 is 11.3 Å². The lowest BCUT2D eigenvalue weighted by molar-refractivity contribution is 0.266. The molecule has 1 aromatic rings. The third kappa shape index (κ3) is 2.54. The smallest absolute Gasteiger partial charge is 0.229 e. The Morgan fingerprint density at radius 1 is 1.69 bits per heavy atom. The van der Waals surface area contributed by atoms with Gasteiger partial charge in [0.05, 0.1) is 18.6 Å². The quantitative estimate of drug-likeness (QED) is 0.482. The molecule has 0 aliphatic heterocycles. The number of ether oxygens (including phenoxy) is 1. The predicted octanol–water partition coefficient (Wildman–Crippen LogP) is 1.56. The van der Waals surface area contributed by atoms with Gasteiger partial charge in [0.2, 0.25) is 5.88 Å². The maximum absolute atomic E-state index is 9.12. The van der Waals surface area contributed by atoms with E-state index in [1.54, 1.807) is 0 Å². The summed E-state index contributed by atoms with van der Waals surface area (Å²) in [5, 5.41) is 13.4. The lowest BCUT2D eigenvalue weighted by atomic mass is 10.3. The maximum atomic E-state index is 9.12. The first-order chi connectivity index (χ1) is 7.63. The van der Waals surface area contributed by atoms with Crippen LogP contribution in [0.1, 0.15) is 10.9 Å². The Balaban J connectivity index is 3.14. The molecule has 0 saturated carbocycles. The molecule has 1 rings (SSSR count). The maximum Gasteiger partial charge on any atom is 0.229 e. The van der Waals surface area contributed by atoms with Gasteiger partial charge in [-0.15, -0.1) is 0 Å². The van der Waals surface area contributed by atoms with E-state index in [4.69, 9.17) is 15.4 Å². The van der Waals surface area contributed by atoms with Crippen molar-refractivity contribution in [1.82, 2.24) is 4.98 Å². The van der Waals surface area contributed by atoms with Gasteiger partial charge in [-0.05, 0) is 5.53 Å². The van der Waals surface area contributed by atoms with Crippen LogP contribution in [0, 0.1) is 0 Å². The highest BCUT2D eigenvalue weighted by Gasteiger charge is 2.20. The van der Waals surface area contributed by atoms with Crippen molar-refractivity contribution in [3.63, 3.8) is 0 Å². The summed E-state index contributed by atoms with van der Waals surface area (Å²) in [4.78, 5) is 9.35. The van der Waals surface area contributed by atoms with E-state index in [-0.39, 0.29) is 6.61 Å². The van der Waals surface area contributed by atoms with Gasteiger partial charge in [0, 0.05) is 19.0 Å². The number of azide groups is 1. The second-order valence-electron chi connectivity index (χ2n) is 3.17. The molecule has 1 atom stereocenters. The number of anilines is 1. The van der Waals surface area contributed by atoms with Crippen LogP contribution in [0.4, 0.5) is 5.13 Å². The number of rotatable bonds is 5. The van der Waals surface area contributed by atoms with Crippen LogP contribution in [0.5, 0.6) is 5.88 Å². The minimum atomic E-state index is -0.647. The van der Waals surface area contributed by atoms with Crippen LogP contribution in [-0.4, -0.2) is 37.9 Å². The molecular formula is C8H13N5O2S. The average molecular weight is 243 g/mol. The molecule has 0 saturated heterocycles. The van der Waals surface area contributed by atoms with E-state index in [1.807, 2.05) is 19.0 Å². The zero-order valence-electron chi connectivity index (χ0n) is 9.28. The van der Waals surface area contributed by atoms with Gasteiger partial charge in [-0.1, -0.05) is 16.5 Å². The molecule has 0 aromatic carbocycles. The number of thiazole rings is 1. The lowest BCUT2D eigenvalue weighted by Gasteiger charge is -2.06. The van der Waals surface area contributed by atoms with E-state index in [0.29, 0.717) is 10.8 Å². The SMILES string of the molecule is COc1nc(N(C)C)sc1C(CO)N=[N+]=[N-]. The highest BCUT2D eigenvalue weighted by molar-refractivity contribution is 7.16. The van der Waals surface area contributed by atoms with Gasteiger partial charge in [0.25, 0.3) is 0 Å². The monoisotopic (exact) mass is 243 g/mol. The number of hydrogen-bond donors (Lipinski definition) is 1. The van der Waals surface area contributed by atoms with E-state index in [0.717, 1.165) is 5.13 Å². The van der Waals surface area contributed by atoms with Gasteiger partial charge in [0.1, 0.15) is 6.04 Å². The van der Waals surface area contributed by atoms with Crippen molar-refractivity contribution in [2.45, 2.75) is 6.04 Å². The van der Waals surface area contributed by atoms with Crippen molar-refractivity contribution in [2.24, 2.45) is 5.11 Å². The molecule has 16 heavy (non-hydrogen) atoms. The van der Waals surface area contributed by atoms with E-state index in [1.165, 1.54) is 18.4 Å². The number of nitrogens with zero attached hydrogens (tertiary/aromatic N) is 5. The van der Waals surface area contributed by atoms with Crippen molar-refractivity contribution < 1.29 is 9.84 Å². The van der Waals surface area contributed by atoms with Gasteiger partial charge in [0.15, 0.2) is 5.13 Å². The zero-order valence-corrected chi connectivity index (χ0v) is 10.1. The summed E-state index contributed by atoms with van der Waals surface area (Å²) in [5.74, 6) is 0.389. The Bertz CT molecular complexity index is 399. The van der Waals surface area contributed by atoms with Gasteiger partial charge >= 0.3 is 0 Å². The molecule has 1 unspecified atom stereocenters. The van der Waals surface area contributed by atoms with Crippen LogP contribution in [0.2, 0.25) is 0 Å². The fourth-order valence-electron chi connectivity index (χ4n) is 1.09. The number of aliphatic hydroxyl groups excluding tert-OH is 1. The average Bonchev–Trinajstić information content (AvgIpc) is 2.69. The Kier molecular flexibility index (Phi) is 4.36. The molecule has 8 heteroatoms. The van der Waals surface area contributed by atoms with Crippen molar-refractivity contribution >= 4 is 16.5 Å². The normalized spacial score (nSPS) is 11.8. The topological polar surface area (TPSA) is 94.4 Å². The second-order valence-corrected chi connectivity index (χ2v) is 4.18. The number of aromatic nitrogens is 1. The Morgan fingerprint density at radius 2 is 2.38 bits per heavy atom. The van der Waals surface area contributed by atoms with Crippen molar-refractivity contribution in [3.05, 3.63) is 15.3 Å². The third-order valence-electron chi connectivity index (χ3n) is 1.85. The summed E-state index contributed by atoms with van der Waals surface area (Å²) < 4.78 is 5.08. The fraction of sp³-hybridized carbons (Fsp3) is 0.625. The predicted molar refractivity (Wildman–Crippen MR) is 62.0 cm³/mol. The minimum absolute atomic E-state index is 0.268. The molecule has 0 fully saturated rings. The van der Waals surface area contributed by atoms with E-state index in [9.17, 15) is 0 Å². The van der Waals surface area contributed by atoms with E-state index >= 15 is 0 Å². The summed E-state index contributed by atoms with van der Waals surface area (Å²) in [5.41, 5.74) is 8.39. The van der Waals surface area contributed by atoms with Crippen molar-refractivity contribution in [1.29, 1.82) is 0 Å². The number of hydrogen-bond acceptors (Lipinski definition) is 6. The lowest BCUT2D eigenvalue weighted by Crippen LogP contribution is -2.07. The van der Waals surface area contributed by atoms with Gasteiger partial charge < -0.3 is 14.7 Å². The molecule has 0 bridgehead atoms. The molecule has 1 heterocycles. The van der Waals surface area contributed by atoms with Crippen LogP contribution in [0.15, 0.2) is 5.11 Å². The van der Waals surface area contributed by atoms with Crippen molar-refractivity contribution in [2.75, 3.05) is 32.7 Å². The van der Waals surface area contributed by atoms with Gasteiger partial charge in [-0.25, -0.2) is 0 Å². The summed E-state index contributed by atoms with van der Waals surface area (Å²) in [6, 6.07) is -0.647. The largest absolute Gasteiger partial charge is 0.480 e. The molecule has 0 amide bonds. The molecule has 0 aliphatic rings. The standard InChI is InChI=1S/C8H13N5O2S/c1-13(2)8-10-7(15-3)6(16-8)5(4-14)11-12-9/h5,14H,4H2,1-3H3. The summed E-state index contributed by atoms with van der Waals surface area (Å²) in [6.07, 6.45) is 0. The zero-order chi connectivity index (χ0) is 12.1. The molecule has 0 spiro atoms. The molecule has 0 radical (unpaired) electrons. The van der Waals surface area contributed by atoms with Crippen LogP contribution in [0.25, 0.3) is 10.4 Å². The first-order valence-electron chi connectivity index (χ1n) is 4.51.